The highest BCUT2D eigenvalue weighted by molar-refractivity contribution is 7.89. The minimum Gasteiger partial charge on any atom is -0.375 e. The van der Waals surface area contributed by atoms with Crippen molar-refractivity contribution >= 4 is 21.1 Å². The first-order valence-corrected chi connectivity index (χ1v) is 9.51. The number of fused-ring (bicyclic) bond motifs is 3. The van der Waals surface area contributed by atoms with Crippen LogP contribution in [0, 0.1) is 0 Å². The Kier molecular flexibility index (Phi) is 3.21. The Bertz CT molecular complexity index is 1050. The van der Waals surface area contributed by atoms with Gasteiger partial charge in [0.25, 0.3) is 5.71 Å². The third-order valence-electron chi connectivity index (χ3n) is 4.81. The molecule has 5 rings (SSSR count). The number of benzene rings is 1. The van der Waals surface area contributed by atoms with Crippen LogP contribution in [0.2, 0.25) is 0 Å². The number of morpholine rings is 1. The van der Waals surface area contributed by atoms with Gasteiger partial charge in [-0.05, 0) is 12.5 Å². The molecule has 0 N–H and O–H groups in total. The summed E-state index contributed by atoms with van der Waals surface area (Å²) in [5, 5.41) is 4.65. The van der Waals surface area contributed by atoms with Crippen molar-refractivity contribution in [2.24, 2.45) is 0 Å². The van der Waals surface area contributed by atoms with Crippen molar-refractivity contribution in [1.82, 2.24) is 14.4 Å². The zero-order chi connectivity index (χ0) is 17.0. The second kappa shape index (κ2) is 5.35. The van der Waals surface area contributed by atoms with Gasteiger partial charge in [-0.3, -0.25) is 0 Å². The highest BCUT2D eigenvalue weighted by Crippen LogP contribution is 2.34. The number of hydrogen-bond donors (Lipinski definition) is 0. The summed E-state index contributed by atoms with van der Waals surface area (Å²) < 4.78 is 38.3. The van der Waals surface area contributed by atoms with Crippen LogP contribution in [0.3, 0.4) is 0 Å². The highest BCUT2D eigenvalue weighted by atomic mass is 32.2. The topological polar surface area (TPSA) is 85.5 Å². The molecule has 1 aromatic carbocycles. The summed E-state index contributed by atoms with van der Waals surface area (Å²) in [6.45, 7) is 0.863. The predicted octanol–water partition coefficient (Wildman–Crippen LogP) is 2.05. The average molecular weight is 357 g/mol. The minimum atomic E-state index is -3.62. The molecule has 0 unspecified atom stereocenters. The molecule has 128 valence electrons. The lowest BCUT2D eigenvalue weighted by molar-refractivity contribution is 0.0608. The molecule has 2 aromatic heterocycles. The molecule has 3 aromatic rings. The first-order valence-electron chi connectivity index (χ1n) is 8.07. The van der Waals surface area contributed by atoms with Crippen molar-refractivity contribution in [3.05, 3.63) is 42.6 Å². The van der Waals surface area contributed by atoms with Gasteiger partial charge in [0.05, 0.1) is 30.3 Å². The minimum absolute atomic E-state index is 0.00642. The predicted molar refractivity (Wildman–Crippen MR) is 89.3 cm³/mol. The largest absolute Gasteiger partial charge is 0.375 e. The van der Waals surface area contributed by atoms with E-state index in [1.54, 1.807) is 6.07 Å². The highest BCUT2D eigenvalue weighted by Gasteiger charge is 2.45. The van der Waals surface area contributed by atoms with E-state index >= 15 is 0 Å². The van der Waals surface area contributed by atoms with Crippen LogP contribution in [0.15, 0.2) is 52.0 Å². The number of sulfonamides is 1. The average Bonchev–Trinajstić information content (AvgIpc) is 3.37. The summed E-state index contributed by atoms with van der Waals surface area (Å²) in [4.78, 5) is 4.32. The first-order chi connectivity index (χ1) is 12.1. The Balaban J connectivity index is 1.61. The van der Waals surface area contributed by atoms with Crippen LogP contribution in [-0.4, -0.2) is 48.2 Å². The third kappa shape index (κ3) is 2.29. The second-order valence-corrected chi connectivity index (χ2v) is 8.23. The lowest BCUT2D eigenvalue weighted by atomic mass is 10.1. The molecule has 0 saturated carbocycles. The van der Waals surface area contributed by atoms with Crippen LogP contribution in [0.4, 0.5) is 0 Å². The molecule has 25 heavy (non-hydrogen) atoms. The van der Waals surface area contributed by atoms with E-state index in [-0.39, 0.29) is 17.0 Å². The molecule has 2 aliphatic rings. The van der Waals surface area contributed by atoms with Crippen molar-refractivity contribution in [2.45, 2.75) is 23.5 Å². The van der Waals surface area contributed by atoms with Gasteiger partial charge in [0.1, 0.15) is 10.6 Å². The standard InChI is InChI=1S/C17H15N3O4S/c21-25(22,20-9-13-6-12(20)10-23-13)14-7-15-16(11-4-2-1-3-5-11)19-24-17(15)18-8-14/h1-5,7-8,12-13H,6,9-10H2/t12-,13-/m0/s1. The van der Waals surface area contributed by atoms with Crippen LogP contribution in [-0.2, 0) is 14.8 Å². The van der Waals surface area contributed by atoms with Gasteiger partial charge in [0, 0.05) is 12.1 Å². The molecule has 4 heterocycles. The first kappa shape index (κ1) is 15.0. The number of pyridine rings is 1. The number of aromatic nitrogens is 2. The summed E-state index contributed by atoms with van der Waals surface area (Å²) in [6.07, 6.45) is 2.11. The third-order valence-corrected chi connectivity index (χ3v) is 6.69. The molecule has 2 aliphatic heterocycles. The molecule has 0 radical (unpaired) electrons. The van der Waals surface area contributed by atoms with E-state index in [4.69, 9.17) is 9.26 Å². The van der Waals surface area contributed by atoms with E-state index in [1.807, 2.05) is 30.3 Å². The van der Waals surface area contributed by atoms with Crippen molar-refractivity contribution in [3.8, 4) is 11.3 Å². The number of rotatable bonds is 3. The SMILES string of the molecule is O=S(=O)(c1cnc2onc(-c3ccccc3)c2c1)N1C[C@@H]2C[C@H]1CO2. The molecular weight excluding hydrogens is 342 g/mol. The van der Waals surface area contributed by atoms with Crippen LogP contribution in [0.5, 0.6) is 0 Å². The van der Waals surface area contributed by atoms with Gasteiger partial charge in [0.2, 0.25) is 10.0 Å². The van der Waals surface area contributed by atoms with Crippen LogP contribution < -0.4 is 0 Å². The Labute approximate surface area is 144 Å². The zero-order valence-electron chi connectivity index (χ0n) is 13.2. The van der Waals surface area contributed by atoms with Gasteiger partial charge < -0.3 is 9.26 Å². The molecule has 7 nitrogen and oxygen atoms in total. The van der Waals surface area contributed by atoms with Gasteiger partial charge in [-0.1, -0.05) is 35.5 Å². The summed E-state index contributed by atoms with van der Waals surface area (Å²) in [5.41, 5.74) is 1.77. The fourth-order valence-electron chi connectivity index (χ4n) is 3.55. The van der Waals surface area contributed by atoms with Gasteiger partial charge >= 0.3 is 0 Å². The maximum Gasteiger partial charge on any atom is 0.258 e. The number of nitrogens with zero attached hydrogens (tertiary/aromatic N) is 3. The maximum atomic E-state index is 13.0. The fourth-order valence-corrected chi connectivity index (χ4v) is 5.18. The van der Waals surface area contributed by atoms with Gasteiger partial charge in [-0.2, -0.15) is 4.31 Å². The Hall–Kier alpha value is -2.29. The van der Waals surface area contributed by atoms with Crippen molar-refractivity contribution in [1.29, 1.82) is 0 Å². The molecule has 8 heteroatoms. The fraction of sp³-hybridized carbons (Fsp3) is 0.294. The van der Waals surface area contributed by atoms with Crippen molar-refractivity contribution in [3.63, 3.8) is 0 Å². The lowest BCUT2D eigenvalue weighted by Crippen LogP contribution is -2.41. The Morgan fingerprint density at radius 2 is 2.04 bits per heavy atom. The van der Waals surface area contributed by atoms with Gasteiger partial charge in [-0.25, -0.2) is 13.4 Å². The van der Waals surface area contributed by atoms with Gasteiger partial charge in [0.15, 0.2) is 0 Å². The van der Waals surface area contributed by atoms with Crippen LogP contribution >= 0.6 is 0 Å². The molecule has 0 aliphatic carbocycles. The zero-order valence-corrected chi connectivity index (χ0v) is 14.0. The van der Waals surface area contributed by atoms with E-state index in [9.17, 15) is 8.42 Å². The number of hydrogen-bond acceptors (Lipinski definition) is 6. The lowest BCUT2D eigenvalue weighted by Gasteiger charge is -2.25. The van der Waals surface area contributed by atoms with Crippen molar-refractivity contribution < 1.29 is 17.7 Å². The summed E-state index contributed by atoms with van der Waals surface area (Å²) >= 11 is 0. The number of ether oxygens (including phenoxy) is 1. The quantitative estimate of drug-likeness (QED) is 0.713. The Morgan fingerprint density at radius 1 is 1.20 bits per heavy atom. The second-order valence-electron chi connectivity index (χ2n) is 6.34. The molecule has 2 fully saturated rings. The molecular formula is C17H15N3O4S. The maximum absolute atomic E-state index is 13.0. The van der Waals surface area contributed by atoms with Crippen LogP contribution in [0.1, 0.15) is 6.42 Å². The smallest absolute Gasteiger partial charge is 0.258 e. The van der Waals surface area contributed by atoms with Gasteiger partial charge in [-0.15, -0.1) is 0 Å². The van der Waals surface area contributed by atoms with E-state index < -0.39 is 10.0 Å². The molecule has 2 bridgehead atoms. The monoisotopic (exact) mass is 357 g/mol. The van der Waals surface area contributed by atoms with Crippen LogP contribution in [0.25, 0.3) is 22.4 Å². The summed E-state index contributed by atoms with van der Waals surface area (Å²) in [5.74, 6) is 0. The molecule has 2 atom stereocenters. The normalized spacial score (nSPS) is 23.5. The van der Waals surface area contributed by atoms with E-state index in [0.29, 0.717) is 29.9 Å². The Morgan fingerprint density at radius 3 is 2.76 bits per heavy atom. The van der Waals surface area contributed by atoms with E-state index in [1.165, 1.54) is 10.5 Å². The summed E-state index contributed by atoms with van der Waals surface area (Å²) in [7, 11) is -3.62. The molecule has 2 saturated heterocycles. The van der Waals surface area contributed by atoms with E-state index in [0.717, 1.165) is 12.0 Å². The molecule has 0 amide bonds. The van der Waals surface area contributed by atoms with E-state index in [2.05, 4.69) is 10.1 Å². The molecule has 0 spiro atoms. The summed E-state index contributed by atoms with van der Waals surface area (Å²) in [6, 6.07) is 11.0. The van der Waals surface area contributed by atoms with Crippen molar-refractivity contribution in [2.75, 3.05) is 13.2 Å².